The van der Waals surface area contributed by atoms with E-state index in [1.165, 1.54) is 0 Å². The standard InChI is InChI=1S/C11H25NO2/c1-6-13-7-10(4)14-8-11(12-5)9(2)3/h9-12H,6-8H2,1-5H3. The Morgan fingerprint density at radius 2 is 1.79 bits per heavy atom. The van der Waals surface area contributed by atoms with Gasteiger partial charge >= 0.3 is 0 Å². The summed E-state index contributed by atoms with van der Waals surface area (Å²) in [7, 11) is 1.97. The summed E-state index contributed by atoms with van der Waals surface area (Å²) in [6, 6.07) is 0.430. The van der Waals surface area contributed by atoms with E-state index in [-0.39, 0.29) is 6.10 Å². The van der Waals surface area contributed by atoms with Crippen molar-refractivity contribution >= 4 is 0 Å². The molecule has 0 aromatic rings. The fraction of sp³-hybridized carbons (Fsp3) is 1.00. The quantitative estimate of drug-likeness (QED) is 0.651. The van der Waals surface area contributed by atoms with Crippen LogP contribution in [-0.2, 0) is 9.47 Å². The average molecular weight is 203 g/mol. The largest absolute Gasteiger partial charge is 0.379 e. The number of likely N-dealkylation sites (N-methyl/N-ethyl adjacent to an activating group) is 1. The highest BCUT2D eigenvalue weighted by Gasteiger charge is 2.12. The number of hydrogen-bond donors (Lipinski definition) is 1. The van der Waals surface area contributed by atoms with Crippen LogP contribution in [0.2, 0.25) is 0 Å². The van der Waals surface area contributed by atoms with Gasteiger partial charge in [-0.2, -0.15) is 0 Å². The Balaban J connectivity index is 3.57. The highest BCUT2D eigenvalue weighted by molar-refractivity contribution is 4.67. The molecular weight excluding hydrogens is 178 g/mol. The summed E-state index contributed by atoms with van der Waals surface area (Å²) < 4.78 is 10.9. The second-order valence-electron chi connectivity index (χ2n) is 3.94. The Bertz CT molecular complexity index is 128. The van der Waals surface area contributed by atoms with Crippen LogP contribution in [-0.4, -0.2) is 39.0 Å². The van der Waals surface area contributed by atoms with Crippen LogP contribution in [0.1, 0.15) is 27.7 Å². The summed E-state index contributed by atoms with van der Waals surface area (Å²) in [4.78, 5) is 0. The normalized spacial score (nSPS) is 15.9. The lowest BCUT2D eigenvalue weighted by Gasteiger charge is -2.22. The summed E-state index contributed by atoms with van der Waals surface area (Å²) in [5, 5.41) is 3.25. The predicted octanol–water partition coefficient (Wildman–Crippen LogP) is 1.67. The van der Waals surface area contributed by atoms with Gasteiger partial charge < -0.3 is 14.8 Å². The van der Waals surface area contributed by atoms with Gasteiger partial charge in [0.2, 0.25) is 0 Å². The lowest BCUT2D eigenvalue weighted by molar-refractivity contribution is -0.0148. The minimum atomic E-state index is 0.185. The van der Waals surface area contributed by atoms with Gasteiger partial charge in [-0.25, -0.2) is 0 Å². The molecule has 0 aliphatic heterocycles. The van der Waals surface area contributed by atoms with Gasteiger partial charge in [0.25, 0.3) is 0 Å². The first-order valence-electron chi connectivity index (χ1n) is 5.48. The molecule has 0 amide bonds. The van der Waals surface area contributed by atoms with E-state index in [1.807, 2.05) is 20.9 Å². The molecule has 0 aromatic heterocycles. The molecule has 3 heteroatoms. The molecule has 0 aliphatic carbocycles. The van der Waals surface area contributed by atoms with Crippen LogP contribution in [0, 0.1) is 5.92 Å². The molecule has 14 heavy (non-hydrogen) atoms. The van der Waals surface area contributed by atoms with Crippen molar-refractivity contribution in [1.29, 1.82) is 0 Å². The smallest absolute Gasteiger partial charge is 0.0781 e. The monoisotopic (exact) mass is 203 g/mol. The molecule has 2 atom stereocenters. The van der Waals surface area contributed by atoms with E-state index in [4.69, 9.17) is 9.47 Å². The molecule has 1 N–H and O–H groups in total. The molecule has 0 spiro atoms. The molecule has 0 heterocycles. The van der Waals surface area contributed by atoms with Crippen molar-refractivity contribution in [1.82, 2.24) is 5.32 Å². The summed E-state index contributed by atoms with van der Waals surface area (Å²) in [6.07, 6.45) is 0.185. The number of ether oxygens (including phenoxy) is 2. The number of hydrogen-bond acceptors (Lipinski definition) is 3. The maximum Gasteiger partial charge on any atom is 0.0781 e. The van der Waals surface area contributed by atoms with Crippen LogP contribution in [0.15, 0.2) is 0 Å². The SMILES string of the molecule is CCOCC(C)OCC(NC)C(C)C. The van der Waals surface area contributed by atoms with E-state index in [0.717, 1.165) is 13.2 Å². The fourth-order valence-electron chi connectivity index (χ4n) is 1.21. The topological polar surface area (TPSA) is 30.5 Å². The van der Waals surface area contributed by atoms with Crippen molar-refractivity contribution < 1.29 is 9.47 Å². The Morgan fingerprint density at radius 3 is 2.21 bits per heavy atom. The van der Waals surface area contributed by atoms with Gasteiger partial charge in [-0.05, 0) is 26.8 Å². The Labute approximate surface area is 88.2 Å². The molecule has 2 unspecified atom stereocenters. The molecule has 0 saturated carbocycles. The van der Waals surface area contributed by atoms with Crippen molar-refractivity contribution in [3.63, 3.8) is 0 Å². The van der Waals surface area contributed by atoms with E-state index in [0.29, 0.717) is 18.6 Å². The maximum atomic E-state index is 5.67. The minimum Gasteiger partial charge on any atom is -0.379 e. The molecule has 0 rings (SSSR count). The molecule has 0 aliphatic rings. The molecule has 0 bridgehead atoms. The fourth-order valence-corrected chi connectivity index (χ4v) is 1.21. The first-order chi connectivity index (χ1) is 6.61. The van der Waals surface area contributed by atoms with Crippen LogP contribution in [0.25, 0.3) is 0 Å². The second-order valence-corrected chi connectivity index (χ2v) is 3.94. The predicted molar refractivity (Wildman–Crippen MR) is 59.6 cm³/mol. The zero-order valence-electron chi connectivity index (χ0n) is 10.2. The molecule has 0 radical (unpaired) electrons. The molecule has 0 aromatic carbocycles. The van der Waals surface area contributed by atoms with E-state index in [2.05, 4.69) is 19.2 Å². The third kappa shape index (κ3) is 6.35. The minimum absolute atomic E-state index is 0.185. The first kappa shape index (κ1) is 13.9. The van der Waals surface area contributed by atoms with Gasteiger partial charge in [0, 0.05) is 12.6 Å². The summed E-state index contributed by atoms with van der Waals surface area (Å²) >= 11 is 0. The first-order valence-corrected chi connectivity index (χ1v) is 5.48. The van der Waals surface area contributed by atoms with Crippen LogP contribution in [0.3, 0.4) is 0 Å². The van der Waals surface area contributed by atoms with E-state index >= 15 is 0 Å². The summed E-state index contributed by atoms with van der Waals surface area (Å²) in [5.74, 6) is 0.597. The lowest BCUT2D eigenvalue weighted by Crippen LogP contribution is -2.37. The summed E-state index contributed by atoms with van der Waals surface area (Å²) in [5.41, 5.74) is 0. The van der Waals surface area contributed by atoms with Crippen molar-refractivity contribution in [2.24, 2.45) is 5.92 Å². The van der Waals surface area contributed by atoms with Gasteiger partial charge in [-0.1, -0.05) is 13.8 Å². The highest BCUT2D eigenvalue weighted by atomic mass is 16.5. The van der Waals surface area contributed by atoms with Gasteiger partial charge in [-0.3, -0.25) is 0 Å². The van der Waals surface area contributed by atoms with Gasteiger partial charge in [0.1, 0.15) is 0 Å². The maximum absolute atomic E-state index is 5.67. The van der Waals surface area contributed by atoms with Crippen LogP contribution in [0.4, 0.5) is 0 Å². The Morgan fingerprint density at radius 1 is 1.14 bits per heavy atom. The van der Waals surface area contributed by atoms with Crippen molar-refractivity contribution in [3.8, 4) is 0 Å². The summed E-state index contributed by atoms with van der Waals surface area (Å²) in [6.45, 7) is 10.6. The number of rotatable bonds is 8. The zero-order valence-corrected chi connectivity index (χ0v) is 10.2. The Hall–Kier alpha value is -0.120. The second kappa shape index (κ2) is 8.21. The molecule has 86 valence electrons. The van der Waals surface area contributed by atoms with Gasteiger partial charge in [0.15, 0.2) is 0 Å². The number of nitrogens with one attached hydrogen (secondary N) is 1. The molecular formula is C11H25NO2. The lowest BCUT2D eigenvalue weighted by atomic mass is 10.1. The van der Waals surface area contributed by atoms with Crippen molar-refractivity contribution in [2.45, 2.75) is 39.8 Å². The van der Waals surface area contributed by atoms with E-state index in [9.17, 15) is 0 Å². The van der Waals surface area contributed by atoms with Crippen molar-refractivity contribution in [2.75, 3.05) is 26.9 Å². The third-order valence-electron chi connectivity index (χ3n) is 2.29. The molecule has 3 nitrogen and oxygen atoms in total. The van der Waals surface area contributed by atoms with Gasteiger partial charge in [0.05, 0.1) is 19.3 Å². The van der Waals surface area contributed by atoms with Crippen molar-refractivity contribution in [3.05, 3.63) is 0 Å². The third-order valence-corrected chi connectivity index (χ3v) is 2.29. The zero-order chi connectivity index (χ0) is 11.0. The van der Waals surface area contributed by atoms with Gasteiger partial charge in [-0.15, -0.1) is 0 Å². The highest BCUT2D eigenvalue weighted by Crippen LogP contribution is 2.03. The molecule has 0 fully saturated rings. The van der Waals surface area contributed by atoms with Crippen LogP contribution < -0.4 is 5.32 Å². The molecule has 0 saturated heterocycles. The average Bonchev–Trinajstić information content (AvgIpc) is 2.15. The van der Waals surface area contributed by atoms with E-state index < -0.39 is 0 Å². The van der Waals surface area contributed by atoms with Crippen LogP contribution in [0.5, 0.6) is 0 Å². The van der Waals surface area contributed by atoms with E-state index in [1.54, 1.807) is 0 Å². The Kier molecular flexibility index (Phi) is 8.14. The van der Waals surface area contributed by atoms with Crippen LogP contribution >= 0.6 is 0 Å².